The number of carbonyl (C=O) groups excluding carboxylic acids is 2. The van der Waals surface area contributed by atoms with E-state index in [0.29, 0.717) is 49.2 Å². The molecule has 2 unspecified atom stereocenters. The highest BCUT2D eigenvalue weighted by Gasteiger charge is 2.40. The monoisotopic (exact) mass is 603 g/mol. The van der Waals surface area contributed by atoms with Crippen LogP contribution in [0, 0.1) is 17.7 Å². The largest absolute Gasteiger partial charge is 0.372 e. The molecule has 3 aliphatic heterocycles. The van der Waals surface area contributed by atoms with Gasteiger partial charge in [-0.1, -0.05) is 0 Å². The molecule has 0 bridgehead atoms. The van der Waals surface area contributed by atoms with Gasteiger partial charge in [-0.3, -0.25) is 14.5 Å². The van der Waals surface area contributed by atoms with Crippen molar-refractivity contribution in [3.05, 3.63) is 30.2 Å². The lowest BCUT2D eigenvalue weighted by molar-refractivity contribution is -0.133. The summed E-state index contributed by atoms with van der Waals surface area (Å²) in [5.74, 6) is -3.81. The van der Waals surface area contributed by atoms with Crippen molar-refractivity contribution in [2.75, 3.05) is 54.9 Å². The maximum Gasteiger partial charge on any atom is 0.242 e. The summed E-state index contributed by atoms with van der Waals surface area (Å²) in [7, 11) is 2.03. The number of piperazine rings is 1. The lowest BCUT2D eigenvalue weighted by Gasteiger charge is -2.44. The van der Waals surface area contributed by atoms with Gasteiger partial charge in [0.1, 0.15) is 5.82 Å². The molecular formula is C30H40F3N7O3. The van der Waals surface area contributed by atoms with Crippen LogP contribution in [0.15, 0.2) is 24.4 Å². The lowest BCUT2D eigenvalue weighted by atomic mass is 9.85. The zero-order chi connectivity index (χ0) is 31.0. The molecular weight excluding hydrogens is 563 g/mol. The number of ether oxygens (including phenoxy) is 1. The van der Waals surface area contributed by atoms with Crippen LogP contribution in [0.3, 0.4) is 0 Å². The number of carbonyl (C=O) groups is 2. The van der Waals surface area contributed by atoms with Crippen molar-refractivity contribution in [3.63, 3.8) is 0 Å². The Morgan fingerprint density at radius 2 is 1.74 bits per heavy atom. The van der Waals surface area contributed by atoms with Crippen LogP contribution in [0.1, 0.15) is 34.1 Å². The Hall–Kier alpha value is -3.45. The number of hydrogen-bond donors (Lipinski definition) is 2. The van der Waals surface area contributed by atoms with Crippen molar-refractivity contribution in [1.82, 2.24) is 20.2 Å². The number of nitrogens with zero attached hydrogens (tertiary/aromatic N) is 5. The number of nitrogens with one attached hydrogen (secondary N) is 2. The number of hydrogen-bond acceptors (Lipinski definition) is 8. The van der Waals surface area contributed by atoms with E-state index >= 15 is 4.39 Å². The zero-order valence-electron chi connectivity index (χ0n) is 25.2. The molecule has 0 saturated carbocycles. The van der Waals surface area contributed by atoms with Crippen LogP contribution in [0.2, 0.25) is 0 Å². The Balaban J connectivity index is 1.52. The van der Waals surface area contributed by atoms with Gasteiger partial charge in [-0.25, -0.2) is 23.1 Å². The second-order valence-electron chi connectivity index (χ2n) is 12.1. The maximum absolute atomic E-state index is 16.0. The van der Waals surface area contributed by atoms with Crippen LogP contribution in [-0.4, -0.2) is 97.2 Å². The molecule has 1 aromatic carbocycles. The smallest absolute Gasteiger partial charge is 0.242 e. The SMILES string of the molecule is C[C@@H]1CN(c2nccc(-c3cc(NC(=O)C4CNC(=O)CC4C(F)F)c(N4C[C@@H](C)N(C)[C@@H](C)C4)cc3F)n2)C[C@H](C)O1. The number of halogens is 3. The molecule has 6 atom stereocenters. The van der Waals surface area contributed by atoms with Crippen LogP contribution in [-0.2, 0) is 14.3 Å². The molecule has 3 saturated heterocycles. The fourth-order valence-electron chi connectivity index (χ4n) is 6.29. The van der Waals surface area contributed by atoms with E-state index in [2.05, 4.69) is 39.3 Å². The van der Waals surface area contributed by atoms with Crippen LogP contribution in [0.5, 0.6) is 0 Å². The van der Waals surface area contributed by atoms with E-state index in [4.69, 9.17) is 4.74 Å². The Morgan fingerprint density at radius 1 is 1.07 bits per heavy atom. The molecule has 10 nitrogen and oxygen atoms in total. The fraction of sp³-hybridized carbons (Fsp3) is 0.600. The van der Waals surface area contributed by atoms with E-state index in [1.165, 1.54) is 12.1 Å². The summed E-state index contributed by atoms with van der Waals surface area (Å²) >= 11 is 0. The molecule has 3 aliphatic rings. The predicted molar refractivity (Wildman–Crippen MR) is 158 cm³/mol. The fourth-order valence-corrected chi connectivity index (χ4v) is 6.29. The molecule has 5 rings (SSSR count). The summed E-state index contributed by atoms with van der Waals surface area (Å²) in [6.45, 7) is 10.2. The molecule has 2 amide bonds. The number of amides is 2. The highest BCUT2D eigenvalue weighted by Crippen LogP contribution is 2.37. The van der Waals surface area contributed by atoms with Gasteiger partial charge in [-0.15, -0.1) is 0 Å². The minimum atomic E-state index is -2.84. The third-order valence-corrected chi connectivity index (χ3v) is 8.78. The minimum absolute atomic E-state index is 0.0242. The maximum atomic E-state index is 16.0. The number of alkyl halides is 2. The summed E-state index contributed by atoms with van der Waals surface area (Å²) in [5.41, 5.74) is 1.23. The number of rotatable bonds is 6. The van der Waals surface area contributed by atoms with Crippen LogP contribution in [0.4, 0.5) is 30.5 Å². The van der Waals surface area contributed by atoms with E-state index in [-0.39, 0.29) is 36.4 Å². The van der Waals surface area contributed by atoms with Gasteiger partial charge in [0, 0.05) is 68.9 Å². The van der Waals surface area contributed by atoms with Gasteiger partial charge in [0.05, 0.1) is 35.2 Å². The standard InChI is InChI=1S/C30H40F3N7O3/c1-16-12-39(13-17(2)38(16)5)26-10-23(31)21(24-6-7-34-30(37-24)40-14-18(3)43-19(4)15-40)8-25(26)36-29(42)22-11-35-27(41)9-20(22)28(32)33/h6-8,10,16-20,22,28H,9,11-15H2,1-5H3,(H,35,41)(H,36,42)/t16-,17+,18-,19+,20?,22?. The van der Waals surface area contributed by atoms with Crippen LogP contribution in [0.25, 0.3) is 11.3 Å². The summed E-state index contributed by atoms with van der Waals surface area (Å²) in [6.07, 6.45) is -1.76. The third-order valence-electron chi connectivity index (χ3n) is 8.78. The molecule has 2 aromatic rings. The number of aromatic nitrogens is 2. The van der Waals surface area contributed by atoms with Gasteiger partial charge < -0.3 is 25.2 Å². The van der Waals surface area contributed by atoms with Crippen molar-refractivity contribution in [2.45, 2.75) is 64.8 Å². The van der Waals surface area contributed by atoms with Crippen molar-refractivity contribution < 1.29 is 27.5 Å². The van der Waals surface area contributed by atoms with E-state index in [1.807, 2.05) is 30.7 Å². The number of benzene rings is 1. The van der Waals surface area contributed by atoms with Crippen molar-refractivity contribution in [2.24, 2.45) is 11.8 Å². The highest BCUT2D eigenvalue weighted by atomic mass is 19.3. The lowest BCUT2D eigenvalue weighted by Crippen LogP contribution is -2.55. The Bertz CT molecular complexity index is 1330. The number of piperidine rings is 1. The summed E-state index contributed by atoms with van der Waals surface area (Å²) in [6, 6.07) is 4.79. The predicted octanol–water partition coefficient (Wildman–Crippen LogP) is 3.38. The summed E-state index contributed by atoms with van der Waals surface area (Å²) in [5, 5.41) is 5.36. The molecule has 1 aromatic heterocycles. The first-order valence-electron chi connectivity index (χ1n) is 14.8. The van der Waals surface area contributed by atoms with E-state index in [1.54, 1.807) is 12.3 Å². The minimum Gasteiger partial charge on any atom is -0.372 e. The Labute approximate surface area is 250 Å². The number of likely N-dealkylation sites (N-methyl/N-ethyl adjacent to an activating group) is 1. The second-order valence-corrected chi connectivity index (χ2v) is 12.1. The van der Waals surface area contributed by atoms with Gasteiger partial charge >= 0.3 is 0 Å². The second kappa shape index (κ2) is 12.7. The molecule has 2 N–H and O–H groups in total. The average Bonchev–Trinajstić information content (AvgIpc) is 2.95. The van der Waals surface area contributed by atoms with Gasteiger partial charge in [-0.05, 0) is 52.9 Å². The molecule has 4 heterocycles. The quantitative estimate of drug-likeness (QED) is 0.519. The molecule has 3 fully saturated rings. The first-order valence-corrected chi connectivity index (χ1v) is 14.8. The van der Waals surface area contributed by atoms with Crippen molar-refractivity contribution in [3.8, 4) is 11.3 Å². The first kappa shape index (κ1) is 31.0. The topological polar surface area (TPSA) is 103 Å². The number of anilines is 3. The molecule has 0 spiro atoms. The van der Waals surface area contributed by atoms with Gasteiger partial charge in [0.2, 0.25) is 24.2 Å². The third kappa shape index (κ3) is 6.72. The van der Waals surface area contributed by atoms with Crippen molar-refractivity contribution >= 4 is 29.1 Å². The summed E-state index contributed by atoms with van der Waals surface area (Å²) in [4.78, 5) is 40.6. The van der Waals surface area contributed by atoms with E-state index in [0.717, 1.165) is 0 Å². The molecule has 234 valence electrons. The highest BCUT2D eigenvalue weighted by molar-refractivity contribution is 5.98. The normalized spacial score (nSPS) is 28.6. The van der Waals surface area contributed by atoms with Gasteiger partial charge in [-0.2, -0.15) is 0 Å². The van der Waals surface area contributed by atoms with Gasteiger partial charge in [0.25, 0.3) is 0 Å². The Morgan fingerprint density at radius 3 is 2.40 bits per heavy atom. The first-order chi connectivity index (χ1) is 20.4. The molecule has 0 aliphatic carbocycles. The zero-order valence-corrected chi connectivity index (χ0v) is 25.2. The van der Waals surface area contributed by atoms with E-state index in [9.17, 15) is 18.4 Å². The van der Waals surface area contributed by atoms with Crippen molar-refractivity contribution in [1.29, 1.82) is 0 Å². The average molecular weight is 604 g/mol. The van der Waals surface area contributed by atoms with Crippen LogP contribution >= 0.6 is 0 Å². The van der Waals surface area contributed by atoms with Crippen LogP contribution < -0.4 is 20.4 Å². The Kier molecular flexibility index (Phi) is 9.12. The van der Waals surface area contributed by atoms with Gasteiger partial charge in [0.15, 0.2) is 0 Å². The molecule has 13 heteroatoms. The van der Waals surface area contributed by atoms with E-state index < -0.39 is 42.3 Å². The molecule has 0 radical (unpaired) electrons. The summed E-state index contributed by atoms with van der Waals surface area (Å²) < 4.78 is 49.5. The molecule has 43 heavy (non-hydrogen) atoms. The number of morpholine rings is 1.